The van der Waals surface area contributed by atoms with Gasteiger partial charge in [0.15, 0.2) is 16.6 Å². The minimum atomic E-state index is -3.65. The molecule has 0 bridgehead atoms. The third-order valence-corrected chi connectivity index (χ3v) is 9.22. The van der Waals surface area contributed by atoms with Crippen LogP contribution in [0.3, 0.4) is 0 Å². The quantitative estimate of drug-likeness (QED) is 0.410. The van der Waals surface area contributed by atoms with Gasteiger partial charge in [0, 0.05) is 42.5 Å². The van der Waals surface area contributed by atoms with Gasteiger partial charge in [0.1, 0.15) is 4.90 Å². The number of nitrogens with zero attached hydrogens (tertiary/aromatic N) is 3. The number of ether oxygens (including phenoxy) is 2. The van der Waals surface area contributed by atoms with Crippen LogP contribution < -0.4 is 14.4 Å². The topological polar surface area (TPSA) is 72.0 Å². The molecule has 7 nitrogen and oxygen atoms in total. The summed E-state index contributed by atoms with van der Waals surface area (Å²) in [7, 11) is -0.416. The molecule has 0 aliphatic carbocycles. The molecule has 1 aliphatic rings. The summed E-state index contributed by atoms with van der Waals surface area (Å²) in [5.74, 6) is 1.38. The molecule has 1 aromatic heterocycles. The van der Waals surface area contributed by atoms with Crippen LogP contribution in [0.4, 0.5) is 5.13 Å². The van der Waals surface area contributed by atoms with Crippen molar-refractivity contribution in [1.29, 1.82) is 0 Å². The van der Waals surface area contributed by atoms with E-state index < -0.39 is 10.0 Å². The highest BCUT2D eigenvalue weighted by Crippen LogP contribution is 2.31. The van der Waals surface area contributed by atoms with Crippen molar-refractivity contribution in [1.82, 2.24) is 9.29 Å². The number of hydrogen-bond acceptors (Lipinski definition) is 7. The van der Waals surface area contributed by atoms with Crippen LogP contribution in [0, 0.1) is 0 Å². The molecule has 2 aromatic carbocycles. The van der Waals surface area contributed by atoms with E-state index in [0.29, 0.717) is 44.1 Å². The molecular weight excluding hydrogens is 550 g/mol. The van der Waals surface area contributed by atoms with Gasteiger partial charge in [0.05, 0.1) is 24.9 Å². The first-order valence-electron chi connectivity index (χ1n) is 10.2. The van der Waals surface area contributed by atoms with E-state index in [2.05, 4.69) is 20.8 Å². The summed E-state index contributed by atoms with van der Waals surface area (Å²) in [6.45, 7) is 1.88. The van der Waals surface area contributed by atoms with Gasteiger partial charge in [-0.3, -0.25) is 0 Å². The Labute approximate surface area is 211 Å². The van der Waals surface area contributed by atoms with Crippen molar-refractivity contribution in [3.63, 3.8) is 0 Å². The minimum Gasteiger partial charge on any atom is -0.493 e. The maximum Gasteiger partial charge on any atom is 0.244 e. The second-order valence-corrected chi connectivity index (χ2v) is 11.5. The summed E-state index contributed by atoms with van der Waals surface area (Å²) < 4.78 is 39.0. The molecule has 4 rings (SSSR count). The molecule has 11 heteroatoms. The molecule has 0 N–H and O–H groups in total. The number of anilines is 1. The van der Waals surface area contributed by atoms with E-state index in [0.717, 1.165) is 20.9 Å². The molecule has 0 radical (unpaired) electrons. The fraction of sp³-hybridized carbons (Fsp3) is 0.318. The number of sulfonamides is 1. The van der Waals surface area contributed by atoms with Gasteiger partial charge < -0.3 is 14.4 Å². The van der Waals surface area contributed by atoms with Gasteiger partial charge in [0.2, 0.25) is 10.0 Å². The number of halogens is 2. The molecule has 176 valence electrons. The average Bonchev–Trinajstić information content (AvgIpc) is 3.27. The minimum absolute atomic E-state index is 0.132. The Morgan fingerprint density at radius 1 is 1.06 bits per heavy atom. The van der Waals surface area contributed by atoms with Gasteiger partial charge in [0.25, 0.3) is 0 Å². The van der Waals surface area contributed by atoms with Crippen molar-refractivity contribution in [3.05, 3.63) is 62.5 Å². The number of benzene rings is 2. The largest absolute Gasteiger partial charge is 0.493 e. The first kappa shape index (κ1) is 24.3. The molecule has 0 amide bonds. The van der Waals surface area contributed by atoms with Gasteiger partial charge in [-0.1, -0.05) is 33.6 Å². The Morgan fingerprint density at radius 2 is 1.79 bits per heavy atom. The molecule has 0 unspecified atom stereocenters. The van der Waals surface area contributed by atoms with Crippen LogP contribution in [0.5, 0.6) is 11.5 Å². The first-order valence-corrected chi connectivity index (χ1v) is 13.7. The number of hydrogen-bond donors (Lipinski definition) is 0. The Bertz CT molecular complexity index is 1240. The lowest BCUT2D eigenvalue weighted by molar-refractivity contribution is 0.354. The maximum absolute atomic E-state index is 13.0. The molecule has 1 aliphatic heterocycles. The molecule has 2 heterocycles. The second kappa shape index (κ2) is 10.2. The standard InChI is InChI=1S/C22H23BrClN3O4S2/c1-30-19-5-3-15(12-20(19)31-2)11-17-14-32-22(25-17)26-7-9-27(10-8-26)33(28,29)21-6-4-16(23)13-18(21)24/h3-6,12-14H,7-11H2,1-2H3. The fourth-order valence-electron chi connectivity index (χ4n) is 3.67. The number of rotatable bonds is 7. The Balaban J connectivity index is 1.41. The second-order valence-electron chi connectivity index (χ2n) is 7.45. The molecule has 0 spiro atoms. The zero-order valence-electron chi connectivity index (χ0n) is 18.1. The molecule has 0 atom stereocenters. The lowest BCUT2D eigenvalue weighted by Crippen LogP contribution is -2.48. The van der Waals surface area contributed by atoms with Crippen LogP contribution in [0.2, 0.25) is 5.02 Å². The van der Waals surface area contributed by atoms with Gasteiger partial charge in [-0.2, -0.15) is 4.31 Å². The van der Waals surface area contributed by atoms with Crippen molar-refractivity contribution in [2.45, 2.75) is 11.3 Å². The normalized spacial score (nSPS) is 15.0. The number of aromatic nitrogens is 1. The van der Waals surface area contributed by atoms with E-state index in [-0.39, 0.29) is 9.92 Å². The third-order valence-electron chi connectivity index (χ3n) is 5.39. The van der Waals surface area contributed by atoms with E-state index in [1.165, 1.54) is 10.4 Å². The summed E-state index contributed by atoms with van der Waals surface area (Å²) >= 11 is 11.1. The third kappa shape index (κ3) is 5.30. The Hall–Kier alpha value is -1.85. The van der Waals surface area contributed by atoms with Gasteiger partial charge in [-0.25, -0.2) is 13.4 Å². The number of thiazole rings is 1. The van der Waals surface area contributed by atoms with E-state index in [4.69, 9.17) is 26.1 Å². The highest BCUT2D eigenvalue weighted by atomic mass is 79.9. The van der Waals surface area contributed by atoms with Crippen molar-refractivity contribution < 1.29 is 17.9 Å². The molecule has 1 fully saturated rings. The molecule has 33 heavy (non-hydrogen) atoms. The summed E-state index contributed by atoms with van der Waals surface area (Å²) in [4.78, 5) is 7.03. The van der Waals surface area contributed by atoms with Crippen molar-refractivity contribution in [3.8, 4) is 11.5 Å². The smallest absolute Gasteiger partial charge is 0.244 e. The molecular formula is C22H23BrClN3O4S2. The van der Waals surface area contributed by atoms with Crippen LogP contribution in [0.25, 0.3) is 0 Å². The first-order chi connectivity index (χ1) is 15.8. The lowest BCUT2D eigenvalue weighted by atomic mass is 10.1. The molecule has 3 aromatic rings. The number of piperazine rings is 1. The zero-order valence-corrected chi connectivity index (χ0v) is 22.1. The average molecular weight is 573 g/mol. The monoisotopic (exact) mass is 571 g/mol. The van der Waals surface area contributed by atoms with Crippen LogP contribution in [0.15, 0.2) is 51.1 Å². The predicted molar refractivity (Wildman–Crippen MR) is 135 cm³/mol. The van der Waals surface area contributed by atoms with Crippen LogP contribution in [-0.4, -0.2) is 58.1 Å². The van der Waals surface area contributed by atoms with Crippen LogP contribution in [0.1, 0.15) is 11.3 Å². The maximum atomic E-state index is 13.0. The van der Waals surface area contributed by atoms with Crippen LogP contribution in [-0.2, 0) is 16.4 Å². The van der Waals surface area contributed by atoms with Gasteiger partial charge >= 0.3 is 0 Å². The van der Waals surface area contributed by atoms with Gasteiger partial charge in [-0.15, -0.1) is 11.3 Å². The van der Waals surface area contributed by atoms with E-state index in [1.54, 1.807) is 37.7 Å². The predicted octanol–water partition coefficient (Wildman–Crippen LogP) is 4.68. The van der Waals surface area contributed by atoms with Crippen molar-refractivity contribution in [2.75, 3.05) is 45.3 Å². The fourth-order valence-corrected chi connectivity index (χ4v) is 6.98. The van der Waals surface area contributed by atoms with E-state index >= 15 is 0 Å². The highest BCUT2D eigenvalue weighted by molar-refractivity contribution is 9.10. The Kier molecular flexibility index (Phi) is 7.49. The Morgan fingerprint density at radius 3 is 2.45 bits per heavy atom. The van der Waals surface area contributed by atoms with Gasteiger partial charge in [-0.05, 0) is 35.9 Å². The summed E-state index contributed by atoms with van der Waals surface area (Å²) in [5.41, 5.74) is 2.03. The SMILES string of the molecule is COc1ccc(Cc2csc(N3CCN(S(=O)(=O)c4ccc(Br)cc4Cl)CC3)n2)cc1OC. The summed E-state index contributed by atoms with van der Waals surface area (Å²) in [5, 5.41) is 3.15. The lowest BCUT2D eigenvalue weighted by Gasteiger charge is -2.34. The van der Waals surface area contributed by atoms with Crippen LogP contribution >= 0.6 is 38.9 Å². The summed E-state index contributed by atoms with van der Waals surface area (Å²) in [6.07, 6.45) is 0.674. The molecule has 1 saturated heterocycles. The zero-order chi connectivity index (χ0) is 23.6. The molecule has 0 saturated carbocycles. The van der Waals surface area contributed by atoms with E-state index in [1.807, 2.05) is 23.6 Å². The highest BCUT2D eigenvalue weighted by Gasteiger charge is 2.31. The van der Waals surface area contributed by atoms with E-state index in [9.17, 15) is 8.42 Å². The summed E-state index contributed by atoms with van der Waals surface area (Å²) in [6, 6.07) is 10.7. The number of methoxy groups -OCH3 is 2. The van der Waals surface area contributed by atoms with Crippen molar-refractivity contribution >= 4 is 54.0 Å². The van der Waals surface area contributed by atoms with Crippen molar-refractivity contribution in [2.24, 2.45) is 0 Å².